The van der Waals surface area contributed by atoms with Gasteiger partial charge in [-0.15, -0.1) is 0 Å². The SMILES string of the molecule is COC(=O)C(C=O)C(C)(C)C. The number of esters is 1. The summed E-state index contributed by atoms with van der Waals surface area (Å²) in [6.07, 6.45) is 0.631. The topological polar surface area (TPSA) is 43.4 Å². The first-order valence-electron chi connectivity index (χ1n) is 3.46. The number of carbonyl (C=O) groups is 2. The van der Waals surface area contributed by atoms with E-state index in [0.717, 1.165) is 0 Å². The summed E-state index contributed by atoms with van der Waals surface area (Å²) in [5, 5.41) is 0. The average Bonchev–Trinajstić information content (AvgIpc) is 1.86. The number of carbonyl (C=O) groups excluding carboxylic acids is 2. The predicted molar refractivity (Wildman–Crippen MR) is 41.0 cm³/mol. The average molecular weight is 158 g/mol. The molecule has 0 aromatic rings. The van der Waals surface area contributed by atoms with E-state index in [2.05, 4.69) is 4.74 Å². The molecule has 0 radical (unpaired) electrons. The van der Waals surface area contributed by atoms with Crippen LogP contribution in [0.4, 0.5) is 0 Å². The summed E-state index contributed by atoms with van der Waals surface area (Å²) in [6, 6.07) is 0. The number of aldehydes is 1. The molecule has 3 heteroatoms. The summed E-state index contributed by atoms with van der Waals surface area (Å²) < 4.78 is 4.46. The lowest BCUT2D eigenvalue weighted by molar-refractivity contribution is -0.150. The van der Waals surface area contributed by atoms with Crippen molar-refractivity contribution >= 4 is 12.3 Å². The summed E-state index contributed by atoms with van der Waals surface area (Å²) in [6.45, 7) is 5.47. The quantitative estimate of drug-likeness (QED) is 0.342. The molecule has 64 valence electrons. The van der Waals surface area contributed by atoms with Gasteiger partial charge in [0.25, 0.3) is 0 Å². The van der Waals surface area contributed by atoms with Crippen molar-refractivity contribution in [1.82, 2.24) is 0 Å². The van der Waals surface area contributed by atoms with Gasteiger partial charge in [-0.3, -0.25) is 4.79 Å². The summed E-state index contributed by atoms with van der Waals surface area (Å²) in [5.41, 5.74) is -0.352. The minimum absolute atomic E-state index is 0.352. The van der Waals surface area contributed by atoms with Gasteiger partial charge >= 0.3 is 5.97 Å². The summed E-state index contributed by atoms with van der Waals surface area (Å²) >= 11 is 0. The van der Waals surface area contributed by atoms with E-state index in [0.29, 0.717) is 6.29 Å². The largest absolute Gasteiger partial charge is 0.468 e. The molecule has 0 N–H and O–H groups in total. The van der Waals surface area contributed by atoms with E-state index in [1.165, 1.54) is 7.11 Å². The maximum Gasteiger partial charge on any atom is 0.316 e. The maximum atomic E-state index is 10.9. The van der Waals surface area contributed by atoms with Crippen LogP contribution >= 0.6 is 0 Å². The molecule has 0 rings (SSSR count). The van der Waals surface area contributed by atoms with E-state index < -0.39 is 11.9 Å². The lowest BCUT2D eigenvalue weighted by Gasteiger charge is -2.22. The van der Waals surface area contributed by atoms with Gasteiger partial charge in [-0.05, 0) is 5.41 Å². The Bertz CT molecular complexity index is 155. The van der Waals surface area contributed by atoms with Gasteiger partial charge in [-0.2, -0.15) is 0 Å². The molecule has 0 aromatic carbocycles. The first-order chi connectivity index (χ1) is 4.93. The third-order valence-corrected chi connectivity index (χ3v) is 1.52. The molecular formula is C8H14O3. The van der Waals surface area contributed by atoms with Crippen molar-refractivity contribution in [3.05, 3.63) is 0 Å². The third kappa shape index (κ3) is 2.70. The molecule has 0 spiro atoms. The minimum atomic E-state index is -0.660. The van der Waals surface area contributed by atoms with Crippen LogP contribution in [-0.4, -0.2) is 19.4 Å². The molecule has 0 aliphatic heterocycles. The van der Waals surface area contributed by atoms with Gasteiger partial charge < -0.3 is 9.53 Å². The van der Waals surface area contributed by atoms with Crippen LogP contribution in [0.3, 0.4) is 0 Å². The van der Waals surface area contributed by atoms with E-state index in [9.17, 15) is 9.59 Å². The monoisotopic (exact) mass is 158 g/mol. The second kappa shape index (κ2) is 3.51. The van der Waals surface area contributed by atoms with E-state index >= 15 is 0 Å². The highest BCUT2D eigenvalue weighted by Crippen LogP contribution is 2.24. The van der Waals surface area contributed by atoms with Crippen molar-refractivity contribution < 1.29 is 14.3 Å². The molecule has 1 unspecified atom stereocenters. The van der Waals surface area contributed by atoms with Crippen LogP contribution in [0, 0.1) is 11.3 Å². The van der Waals surface area contributed by atoms with Crippen molar-refractivity contribution in [2.75, 3.05) is 7.11 Å². The van der Waals surface area contributed by atoms with Gasteiger partial charge in [0, 0.05) is 0 Å². The molecule has 0 saturated heterocycles. The summed E-state index contributed by atoms with van der Waals surface area (Å²) in [7, 11) is 1.28. The van der Waals surface area contributed by atoms with Crippen molar-refractivity contribution in [1.29, 1.82) is 0 Å². The first-order valence-corrected chi connectivity index (χ1v) is 3.46. The second-order valence-electron chi connectivity index (χ2n) is 3.50. The molecule has 0 aromatic heterocycles. The Kier molecular flexibility index (Phi) is 3.23. The second-order valence-corrected chi connectivity index (χ2v) is 3.50. The standard InChI is InChI=1S/C8H14O3/c1-8(2,3)6(5-9)7(10)11-4/h5-6H,1-4H3. The van der Waals surface area contributed by atoms with Crippen LogP contribution in [0.1, 0.15) is 20.8 Å². The maximum absolute atomic E-state index is 10.9. The number of ether oxygens (including phenoxy) is 1. The van der Waals surface area contributed by atoms with Gasteiger partial charge in [-0.25, -0.2) is 0 Å². The lowest BCUT2D eigenvalue weighted by Crippen LogP contribution is -2.30. The van der Waals surface area contributed by atoms with Gasteiger partial charge in [0.2, 0.25) is 0 Å². The summed E-state index contributed by atoms with van der Waals surface area (Å²) in [5.74, 6) is -1.13. The lowest BCUT2D eigenvalue weighted by atomic mass is 9.82. The number of hydrogen-bond donors (Lipinski definition) is 0. The van der Waals surface area contributed by atoms with Crippen LogP contribution in [0.15, 0.2) is 0 Å². The minimum Gasteiger partial charge on any atom is -0.468 e. The van der Waals surface area contributed by atoms with Gasteiger partial charge in [0.05, 0.1) is 7.11 Å². The molecule has 0 fully saturated rings. The molecule has 3 nitrogen and oxygen atoms in total. The number of hydrogen-bond acceptors (Lipinski definition) is 3. The Hall–Kier alpha value is -0.860. The Labute approximate surface area is 66.7 Å². The highest BCUT2D eigenvalue weighted by atomic mass is 16.5. The Morgan fingerprint density at radius 1 is 1.45 bits per heavy atom. The zero-order valence-electron chi connectivity index (χ0n) is 7.38. The fourth-order valence-electron chi connectivity index (χ4n) is 0.740. The molecule has 0 heterocycles. The van der Waals surface area contributed by atoms with Crippen LogP contribution in [0.5, 0.6) is 0 Å². The van der Waals surface area contributed by atoms with E-state index in [4.69, 9.17) is 0 Å². The van der Waals surface area contributed by atoms with E-state index in [1.807, 2.05) is 20.8 Å². The van der Waals surface area contributed by atoms with Crippen molar-refractivity contribution in [2.24, 2.45) is 11.3 Å². The fourth-order valence-corrected chi connectivity index (χ4v) is 0.740. The molecule has 0 aliphatic carbocycles. The molecule has 0 aliphatic rings. The zero-order valence-corrected chi connectivity index (χ0v) is 7.38. The molecule has 0 saturated carbocycles. The first kappa shape index (κ1) is 10.1. The smallest absolute Gasteiger partial charge is 0.316 e. The Morgan fingerprint density at radius 3 is 2.00 bits per heavy atom. The zero-order chi connectivity index (χ0) is 9.07. The van der Waals surface area contributed by atoms with Gasteiger partial charge in [0.15, 0.2) is 0 Å². The van der Waals surface area contributed by atoms with E-state index in [-0.39, 0.29) is 5.41 Å². The third-order valence-electron chi connectivity index (χ3n) is 1.52. The highest BCUT2D eigenvalue weighted by Gasteiger charge is 2.31. The number of methoxy groups -OCH3 is 1. The fraction of sp³-hybridized carbons (Fsp3) is 0.750. The molecule has 1 atom stereocenters. The summed E-state index contributed by atoms with van der Waals surface area (Å²) in [4.78, 5) is 21.4. The Balaban J connectivity index is 4.41. The molecule has 0 amide bonds. The van der Waals surface area contributed by atoms with Gasteiger partial charge in [-0.1, -0.05) is 20.8 Å². The van der Waals surface area contributed by atoms with Crippen LogP contribution in [-0.2, 0) is 14.3 Å². The van der Waals surface area contributed by atoms with Crippen LogP contribution < -0.4 is 0 Å². The molecule has 0 bridgehead atoms. The van der Waals surface area contributed by atoms with Crippen molar-refractivity contribution in [3.63, 3.8) is 0 Å². The normalized spacial score (nSPS) is 13.8. The molecule has 11 heavy (non-hydrogen) atoms. The van der Waals surface area contributed by atoms with E-state index in [1.54, 1.807) is 0 Å². The molecular weight excluding hydrogens is 144 g/mol. The van der Waals surface area contributed by atoms with Crippen molar-refractivity contribution in [2.45, 2.75) is 20.8 Å². The predicted octanol–water partition coefficient (Wildman–Crippen LogP) is 1.02. The van der Waals surface area contributed by atoms with Gasteiger partial charge in [0.1, 0.15) is 12.2 Å². The van der Waals surface area contributed by atoms with Crippen molar-refractivity contribution in [3.8, 4) is 0 Å². The Morgan fingerprint density at radius 2 is 1.91 bits per heavy atom. The van der Waals surface area contributed by atoms with Crippen LogP contribution in [0.25, 0.3) is 0 Å². The van der Waals surface area contributed by atoms with Crippen LogP contribution in [0.2, 0.25) is 0 Å². The highest BCUT2D eigenvalue weighted by molar-refractivity contribution is 5.88. The number of rotatable bonds is 2.